The smallest absolute Gasteiger partial charge is 0.236 e. The van der Waals surface area contributed by atoms with E-state index in [4.69, 9.17) is 23.7 Å². The Hall–Kier alpha value is -1.69. The van der Waals surface area contributed by atoms with Crippen molar-refractivity contribution >= 4 is 28.9 Å². The second-order valence-electron chi connectivity index (χ2n) is 3.06. The van der Waals surface area contributed by atoms with E-state index in [1.54, 1.807) is 30.3 Å². The molecule has 0 atom stereocenters. The number of carbonyl (C=O) groups excluding carboxylic acids is 1. The van der Waals surface area contributed by atoms with Gasteiger partial charge in [-0.15, -0.1) is 0 Å². The van der Waals surface area contributed by atoms with Gasteiger partial charge in [0.15, 0.2) is 0 Å². The molecule has 0 aromatic carbocycles. The first-order chi connectivity index (χ1) is 7.02. The van der Waals surface area contributed by atoms with Crippen molar-refractivity contribution in [2.24, 2.45) is 11.5 Å². The van der Waals surface area contributed by atoms with Crippen molar-refractivity contribution in [2.75, 3.05) is 18.5 Å². The fraction of sp³-hybridized carbons (Fsp3) is 0.222. The number of thiocarbonyl (C=S) groups is 1. The van der Waals surface area contributed by atoms with Crippen LogP contribution in [0.2, 0.25) is 0 Å². The maximum Gasteiger partial charge on any atom is 0.236 e. The van der Waals surface area contributed by atoms with E-state index in [0.717, 1.165) is 0 Å². The first kappa shape index (κ1) is 11.4. The molecule has 80 valence electrons. The summed E-state index contributed by atoms with van der Waals surface area (Å²) >= 11 is 4.88. The van der Waals surface area contributed by atoms with E-state index >= 15 is 0 Å². The molecule has 0 bridgehead atoms. The number of nitrogens with two attached hydrogens (primary N) is 2. The van der Waals surface area contributed by atoms with Crippen LogP contribution in [0.3, 0.4) is 0 Å². The largest absolute Gasteiger partial charge is 0.389 e. The highest BCUT2D eigenvalue weighted by molar-refractivity contribution is 7.80. The number of likely N-dealkylation sites (N-methyl/N-ethyl adjacent to an activating group) is 1. The average Bonchev–Trinajstić information content (AvgIpc) is 2.16. The average molecular weight is 224 g/mol. The topological polar surface area (TPSA) is 85.2 Å². The Morgan fingerprint density at radius 3 is 2.80 bits per heavy atom. The minimum atomic E-state index is -0.433. The molecule has 0 spiro atoms. The number of hydrogen-bond donors (Lipinski definition) is 2. The number of amides is 1. The summed E-state index contributed by atoms with van der Waals surface area (Å²) in [5.74, 6) is 0.126. The molecule has 1 amide bonds. The van der Waals surface area contributed by atoms with Crippen LogP contribution in [0.1, 0.15) is 5.56 Å². The summed E-state index contributed by atoms with van der Waals surface area (Å²) in [6.45, 7) is 0.0760. The number of nitrogens with zero attached hydrogens (tertiary/aromatic N) is 2. The molecule has 0 fully saturated rings. The van der Waals surface area contributed by atoms with Crippen LogP contribution in [-0.2, 0) is 4.79 Å². The van der Waals surface area contributed by atoms with Crippen LogP contribution in [0.25, 0.3) is 0 Å². The molecule has 15 heavy (non-hydrogen) atoms. The summed E-state index contributed by atoms with van der Waals surface area (Å²) in [6.07, 6.45) is 1.61. The summed E-state index contributed by atoms with van der Waals surface area (Å²) < 4.78 is 0. The molecule has 1 aromatic heterocycles. The molecule has 0 saturated heterocycles. The minimum Gasteiger partial charge on any atom is -0.389 e. The number of rotatable bonds is 4. The van der Waals surface area contributed by atoms with Crippen molar-refractivity contribution in [2.45, 2.75) is 0 Å². The summed E-state index contributed by atoms with van der Waals surface area (Å²) in [5.41, 5.74) is 11.3. The standard InChI is InChI=1S/C9H12N4OS/c1-13(5-7(10)14)9-6(8(11)15)3-2-4-12-9/h2-4H,5H2,1H3,(H2,10,14)(H2,11,15). The van der Waals surface area contributed by atoms with Gasteiger partial charge in [0.2, 0.25) is 5.91 Å². The van der Waals surface area contributed by atoms with E-state index in [0.29, 0.717) is 11.4 Å². The molecule has 6 heteroatoms. The van der Waals surface area contributed by atoms with Crippen LogP contribution >= 0.6 is 12.2 Å². The van der Waals surface area contributed by atoms with Gasteiger partial charge in [0.05, 0.1) is 12.1 Å². The molecule has 1 aromatic rings. The van der Waals surface area contributed by atoms with Crippen LogP contribution in [-0.4, -0.2) is 29.5 Å². The first-order valence-corrected chi connectivity index (χ1v) is 4.67. The second kappa shape index (κ2) is 4.70. The molecule has 0 saturated carbocycles. The summed E-state index contributed by atoms with van der Waals surface area (Å²) in [6, 6.07) is 3.48. The zero-order valence-electron chi connectivity index (χ0n) is 8.30. The summed E-state index contributed by atoms with van der Waals surface area (Å²) in [4.78, 5) is 16.7. The quantitative estimate of drug-likeness (QED) is 0.682. The van der Waals surface area contributed by atoms with Gasteiger partial charge in [-0.1, -0.05) is 12.2 Å². The monoisotopic (exact) mass is 224 g/mol. The number of aromatic nitrogens is 1. The van der Waals surface area contributed by atoms with Crippen LogP contribution < -0.4 is 16.4 Å². The number of pyridine rings is 1. The normalized spacial score (nSPS) is 9.67. The molecule has 0 aliphatic carbocycles. The lowest BCUT2D eigenvalue weighted by Gasteiger charge is -2.18. The Morgan fingerprint density at radius 1 is 1.60 bits per heavy atom. The Labute approximate surface area is 93.1 Å². The van der Waals surface area contributed by atoms with Gasteiger partial charge in [-0.3, -0.25) is 4.79 Å². The van der Waals surface area contributed by atoms with Crippen molar-refractivity contribution in [1.29, 1.82) is 0 Å². The molecular weight excluding hydrogens is 212 g/mol. The van der Waals surface area contributed by atoms with Crippen LogP contribution in [0.5, 0.6) is 0 Å². The minimum absolute atomic E-state index is 0.0760. The lowest BCUT2D eigenvalue weighted by Crippen LogP contribution is -2.32. The Balaban J connectivity index is 3.02. The molecule has 1 heterocycles. The van der Waals surface area contributed by atoms with E-state index in [1.165, 1.54) is 0 Å². The third-order valence-corrected chi connectivity index (χ3v) is 2.03. The van der Waals surface area contributed by atoms with Crippen molar-refractivity contribution < 1.29 is 4.79 Å². The predicted molar refractivity (Wildman–Crippen MR) is 62.6 cm³/mol. The van der Waals surface area contributed by atoms with Crippen molar-refractivity contribution in [3.8, 4) is 0 Å². The molecule has 4 N–H and O–H groups in total. The van der Waals surface area contributed by atoms with Gasteiger partial charge in [-0.05, 0) is 12.1 Å². The highest BCUT2D eigenvalue weighted by Gasteiger charge is 2.11. The number of anilines is 1. The molecule has 1 rings (SSSR count). The van der Waals surface area contributed by atoms with Crippen molar-refractivity contribution in [3.63, 3.8) is 0 Å². The van der Waals surface area contributed by atoms with Gasteiger partial charge in [0, 0.05) is 13.2 Å². The van der Waals surface area contributed by atoms with Gasteiger partial charge in [-0.25, -0.2) is 4.98 Å². The third kappa shape index (κ3) is 2.88. The molecular formula is C9H12N4OS. The summed E-state index contributed by atoms with van der Waals surface area (Å²) in [7, 11) is 1.70. The lowest BCUT2D eigenvalue weighted by atomic mass is 10.2. The highest BCUT2D eigenvalue weighted by Crippen LogP contribution is 2.14. The molecule has 5 nitrogen and oxygen atoms in total. The van der Waals surface area contributed by atoms with Crippen molar-refractivity contribution in [1.82, 2.24) is 4.98 Å². The fourth-order valence-corrected chi connectivity index (χ4v) is 1.36. The van der Waals surface area contributed by atoms with E-state index in [2.05, 4.69) is 4.98 Å². The Morgan fingerprint density at radius 2 is 2.27 bits per heavy atom. The zero-order chi connectivity index (χ0) is 11.4. The van der Waals surface area contributed by atoms with Gasteiger partial charge in [0.25, 0.3) is 0 Å². The molecule has 0 unspecified atom stereocenters. The van der Waals surface area contributed by atoms with Gasteiger partial charge in [-0.2, -0.15) is 0 Å². The number of carbonyl (C=O) groups is 1. The fourth-order valence-electron chi connectivity index (χ4n) is 1.20. The van der Waals surface area contributed by atoms with Gasteiger partial charge < -0.3 is 16.4 Å². The molecule has 0 aliphatic heterocycles. The van der Waals surface area contributed by atoms with Gasteiger partial charge >= 0.3 is 0 Å². The van der Waals surface area contributed by atoms with Crippen LogP contribution in [0.4, 0.5) is 5.82 Å². The van der Waals surface area contributed by atoms with Crippen LogP contribution in [0.15, 0.2) is 18.3 Å². The maximum absolute atomic E-state index is 10.8. The lowest BCUT2D eigenvalue weighted by molar-refractivity contribution is -0.116. The van der Waals surface area contributed by atoms with E-state index in [9.17, 15) is 4.79 Å². The molecule has 0 radical (unpaired) electrons. The van der Waals surface area contributed by atoms with Gasteiger partial charge in [0.1, 0.15) is 10.8 Å². The number of primary amides is 1. The molecule has 0 aliphatic rings. The SMILES string of the molecule is CN(CC(N)=O)c1ncccc1C(N)=S. The second-order valence-corrected chi connectivity index (χ2v) is 3.50. The highest BCUT2D eigenvalue weighted by atomic mass is 32.1. The Kier molecular flexibility index (Phi) is 3.56. The Bertz CT molecular complexity index is 393. The number of hydrogen-bond acceptors (Lipinski definition) is 4. The third-order valence-electron chi connectivity index (χ3n) is 1.81. The first-order valence-electron chi connectivity index (χ1n) is 4.26. The summed E-state index contributed by atoms with van der Waals surface area (Å²) in [5, 5.41) is 0. The predicted octanol–water partition coefficient (Wildman–Crippen LogP) is -0.363. The van der Waals surface area contributed by atoms with Crippen molar-refractivity contribution in [3.05, 3.63) is 23.9 Å². The zero-order valence-corrected chi connectivity index (χ0v) is 9.12. The maximum atomic E-state index is 10.8. The van der Waals surface area contributed by atoms with E-state index in [-0.39, 0.29) is 11.5 Å². The van der Waals surface area contributed by atoms with E-state index in [1.807, 2.05) is 0 Å². The van der Waals surface area contributed by atoms with E-state index < -0.39 is 5.91 Å². The van der Waals surface area contributed by atoms with Crippen LogP contribution in [0, 0.1) is 0 Å².